The van der Waals surface area contributed by atoms with Crippen molar-refractivity contribution in [2.45, 2.75) is 51.5 Å². The van der Waals surface area contributed by atoms with Crippen LogP contribution in [0.5, 0.6) is 0 Å². The third-order valence-corrected chi connectivity index (χ3v) is 5.63. The molecule has 0 aromatic rings. The van der Waals surface area contributed by atoms with Crippen LogP contribution in [-0.2, 0) is 0 Å². The summed E-state index contributed by atoms with van der Waals surface area (Å²) in [6.07, 6.45) is 6.41. The number of amidine groups is 1. The third-order valence-electron chi connectivity index (χ3n) is 4.71. The molecule has 0 spiro atoms. The minimum atomic E-state index is 0.275. The van der Waals surface area contributed by atoms with Gasteiger partial charge in [-0.25, -0.2) is 0 Å². The van der Waals surface area contributed by atoms with Crippen LogP contribution in [0.1, 0.15) is 46.0 Å². The van der Waals surface area contributed by atoms with E-state index in [1.165, 1.54) is 56.1 Å². The molecule has 1 unspecified atom stereocenters. The molecule has 2 fully saturated rings. The second-order valence-corrected chi connectivity index (χ2v) is 7.44. The van der Waals surface area contributed by atoms with Crippen molar-refractivity contribution in [1.29, 1.82) is 0 Å². The topological polar surface area (TPSA) is 27.6 Å². The van der Waals surface area contributed by atoms with Gasteiger partial charge in [-0.1, -0.05) is 18.7 Å². The van der Waals surface area contributed by atoms with Gasteiger partial charge in [-0.05, 0) is 65.1 Å². The molecule has 2 aliphatic heterocycles. The van der Waals surface area contributed by atoms with Crippen LogP contribution in [0.4, 0.5) is 0 Å². The maximum absolute atomic E-state index is 4.79. The van der Waals surface area contributed by atoms with E-state index in [-0.39, 0.29) is 5.54 Å². The van der Waals surface area contributed by atoms with Gasteiger partial charge in [0.05, 0.1) is 0 Å². The van der Waals surface area contributed by atoms with Gasteiger partial charge in [-0.15, -0.1) is 0 Å². The largest absolute Gasteiger partial charge is 0.360 e. The summed E-state index contributed by atoms with van der Waals surface area (Å²) in [6.45, 7) is 8.12. The molecular weight excluding hydrogens is 254 g/mol. The summed E-state index contributed by atoms with van der Waals surface area (Å²) in [5.74, 6) is 2.11. The standard InChI is InChI=1S/C15H29N3S/c1-4-15(2)8-12-19-14(17-15)16-9-5-13-6-10-18(3)11-7-13/h13H,4-12H2,1-3H3,(H,16,17). The highest BCUT2D eigenvalue weighted by Gasteiger charge is 2.27. The lowest BCUT2D eigenvalue weighted by Gasteiger charge is -2.35. The molecule has 1 atom stereocenters. The van der Waals surface area contributed by atoms with Crippen molar-refractivity contribution in [3.05, 3.63) is 0 Å². The highest BCUT2D eigenvalue weighted by molar-refractivity contribution is 8.13. The van der Waals surface area contributed by atoms with Crippen LogP contribution in [-0.4, -0.2) is 48.0 Å². The van der Waals surface area contributed by atoms with Crippen molar-refractivity contribution in [2.75, 3.05) is 32.4 Å². The summed E-state index contributed by atoms with van der Waals surface area (Å²) in [4.78, 5) is 7.23. The molecule has 0 aromatic carbocycles. The average molecular weight is 283 g/mol. The van der Waals surface area contributed by atoms with Crippen LogP contribution in [0.15, 0.2) is 4.99 Å². The molecule has 4 heteroatoms. The van der Waals surface area contributed by atoms with Crippen LogP contribution in [0.2, 0.25) is 0 Å². The molecule has 1 N–H and O–H groups in total. The van der Waals surface area contributed by atoms with Gasteiger partial charge in [-0.2, -0.15) is 0 Å². The highest BCUT2D eigenvalue weighted by atomic mass is 32.2. The van der Waals surface area contributed by atoms with E-state index in [9.17, 15) is 0 Å². The lowest BCUT2D eigenvalue weighted by molar-refractivity contribution is 0.214. The maximum atomic E-state index is 4.79. The number of hydrogen-bond donors (Lipinski definition) is 1. The zero-order chi connectivity index (χ0) is 13.7. The smallest absolute Gasteiger partial charge is 0.156 e. The molecule has 19 heavy (non-hydrogen) atoms. The molecule has 2 heterocycles. The second-order valence-electron chi connectivity index (χ2n) is 6.36. The average Bonchev–Trinajstić information content (AvgIpc) is 2.41. The Morgan fingerprint density at radius 2 is 2.16 bits per heavy atom. The number of thioether (sulfide) groups is 1. The fraction of sp³-hybridized carbons (Fsp3) is 0.933. The molecule has 2 rings (SSSR count). The predicted octanol–water partition coefficient (Wildman–Crippen LogP) is 2.97. The van der Waals surface area contributed by atoms with Crippen LogP contribution >= 0.6 is 11.8 Å². The predicted molar refractivity (Wildman–Crippen MR) is 86.0 cm³/mol. The summed E-state index contributed by atoms with van der Waals surface area (Å²) in [5, 5.41) is 4.81. The molecule has 0 bridgehead atoms. The SMILES string of the molecule is CCC1(C)CCSC(=NCCC2CCN(C)CC2)N1. The molecule has 0 radical (unpaired) electrons. The van der Waals surface area contributed by atoms with E-state index in [0.29, 0.717) is 0 Å². The van der Waals surface area contributed by atoms with Gasteiger partial charge in [0.2, 0.25) is 0 Å². The van der Waals surface area contributed by atoms with Crippen molar-refractivity contribution in [3.8, 4) is 0 Å². The minimum Gasteiger partial charge on any atom is -0.360 e. The Morgan fingerprint density at radius 3 is 2.84 bits per heavy atom. The first-order valence-electron chi connectivity index (χ1n) is 7.75. The van der Waals surface area contributed by atoms with Crippen molar-refractivity contribution in [2.24, 2.45) is 10.9 Å². The zero-order valence-corrected chi connectivity index (χ0v) is 13.6. The van der Waals surface area contributed by atoms with Crippen molar-refractivity contribution in [3.63, 3.8) is 0 Å². The van der Waals surface area contributed by atoms with Gasteiger partial charge in [0, 0.05) is 17.8 Å². The summed E-state index contributed by atoms with van der Waals surface area (Å²) in [5.41, 5.74) is 0.275. The van der Waals surface area contributed by atoms with Gasteiger partial charge < -0.3 is 10.2 Å². The summed E-state index contributed by atoms with van der Waals surface area (Å²) >= 11 is 1.90. The van der Waals surface area contributed by atoms with Crippen molar-refractivity contribution >= 4 is 16.9 Å². The Kier molecular flexibility index (Phi) is 5.58. The van der Waals surface area contributed by atoms with Crippen molar-refractivity contribution < 1.29 is 0 Å². The van der Waals surface area contributed by atoms with Gasteiger partial charge in [0.25, 0.3) is 0 Å². The Morgan fingerprint density at radius 1 is 1.42 bits per heavy atom. The number of piperidine rings is 1. The number of aliphatic imine (C=N–C) groups is 1. The van der Waals surface area contributed by atoms with Crippen LogP contribution in [0.25, 0.3) is 0 Å². The lowest BCUT2D eigenvalue weighted by atomic mass is 9.94. The molecule has 0 aliphatic carbocycles. The highest BCUT2D eigenvalue weighted by Crippen LogP contribution is 2.25. The van der Waals surface area contributed by atoms with E-state index in [4.69, 9.17) is 4.99 Å². The Balaban J connectivity index is 1.73. The summed E-state index contributed by atoms with van der Waals surface area (Å²) in [6, 6.07) is 0. The second kappa shape index (κ2) is 6.98. The number of likely N-dealkylation sites (tertiary alicyclic amines) is 1. The zero-order valence-electron chi connectivity index (χ0n) is 12.7. The summed E-state index contributed by atoms with van der Waals surface area (Å²) in [7, 11) is 2.23. The van der Waals surface area contributed by atoms with Crippen LogP contribution in [0.3, 0.4) is 0 Å². The Hall–Kier alpha value is -0.220. The molecule has 2 aliphatic rings. The van der Waals surface area contributed by atoms with E-state index in [0.717, 1.165) is 12.5 Å². The van der Waals surface area contributed by atoms with Gasteiger partial charge in [0.15, 0.2) is 5.17 Å². The van der Waals surface area contributed by atoms with E-state index in [1.54, 1.807) is 0 Å². The first kappa shape index (κ1) is 15.2. The van der Waals surface area contributed by atoms with Crippen LogP contribution < -0.4 is 5.32 Å². The summed E-state index contributed by atoms with van der Waals surface area (Å²) < 4.78 is 0. The molecule has 0 saturated carbocycles. The molecule has 3 nitrogen and oxygen atoms in total. The maximum Gasteiger partial charge on any atom is 0.156 e. The first-order valence-corrected chi connectivity index (χ1v) is 8.74. The van der Waals surface area contributed by atoms with Gasteiger partial charge in [-0.3, -0.25) is 4.99 Å². The normalized spacial score (nSPS) is 32.5. The minimum absolute atomic E-state index is 0.275. The first-order chi connectivity index (χ1) is 9.11. The van der Waals surface area contributed by atoms with Crippen LogP contribution in [0, 0.1) is 5.92 Å². The number of nitrogens with one attached hydrogen (secondary N) is 1. The Bertz CT molecular complexity index is 311. The van der Waals surface area contributed by atoms with E-state index >= 15 is 0 Å². The molecule has 2 saturated heterocycles. The molecule has 0 amide bonds. The molecule has 110 valence electrons. The quantitative estimate of drug-likeness (QED) is 0.859. The lowest BCUT2D eigenvalue weighted by Crippen LogP contribution is -2.48. The fourth-order valence-electron chi connectivity index (χ4n) is 2.78. The van der Waals surface area contributed by atoms with E-state index in [1.807, 2.05) is 11.8 Å². The van der Waals surface area contributed by atoms with Gasteiger partial charge in [0.1, 0.15) is 0 Å². The number of nitrogens with zero attached hydrogens (tertiary/aromatic N) is 2. The number of rotatable bonds is 4. The molecule has 0 aromatic heterocycles. The van der Waals surface area contributed by atoms with Gasteiger partial charge >= 0.3 is 0 Å². The fourth-order valence-corrected chi connectivity index (χ4v) is 4.03. The van der Waals surface area contributed by atoms with E-state index in [2.05, 4.69) is 31.1 Å². The third kappa shape index (κ3) is 4.67. The Labute approximate surface area is 122 Å². The van der Waals surface area contributed by atoms with E-state index < -0.39 is 0 Å². The molecular formula is C15H29N3S. The monoisotopic (exact) mass is 283 g/mol. The van der Waals surface area contributed by atoms with Crippen molar-refractivity contribution in [1.82, 2.24) is 10.2 Å². The number of hydrogen-bond acceptors (Lipinski definition) is 3.